The number of aromatic nitrogens is 1. The Labute approximate surface area is 118 Å². The summed E-state index contributed by atoms with van der Waals surface area (Å²) in [6.07, 6.45) is 3.72. The molecule has 0 aliphatic rings. The van der Waals surface area contributed by atoms with Crippen molar-refractivity contribution in [1.82, 2.24) is 0 Å². The van der Waals surface area contributed by atoms with Crippen LogP contribution in [0.2, 0.25) is 0 Å². The Hall–Kier alpha value is -2.49. The molecule has 102 valence electrons. The first-order valence-electron chi connectivity index (χ1n) is 6.41. The number of Topliss-reactive ketones (excluding diaryl/α,β-unsaturated/α-hetero) is 1. The van der Waals surface area contributed by atoms with E-state index in [-0.39, 0.29) is 18.2 Å². The third-order valence-corrected chi connectivity index (χ3v) is 2.94. The Balaban J connectivity index is 2.02. The molecule has 0 spiro atoms. The van der Waals surface area contributed by atoms with E-state index in [0.29, 0.717) is 11.3 Å². The molecule has 0 aliphatic carbocycles. The highest BCUT2D eigenvalue weighted by Crippen LogP contribution is 2.10. The van der Waals surface area contributed by atoms with Crippen molar-refractivity contribution in [2.45, 2.75) is 20.4 Å². The fraction of sp³-hybridized carbons (Fsp3) is 0.188. The van der Waals surface area contributed by atoms with Gasteiger partial charge in [0.05, 0.1) is 0 Å². The zero-order chi connectivity index (χ0) is 14.5. The van der Waals surface area contributed by atoms with Crippen LogP contribution in [0.3, 0.4) is 0 Å². The Kier molecular flexibility index (Phi) is 4.25. The lowest BCUT2D eigenvalue weighted by molar-refractivity contribution is -0.684. The van der Waals surface area contributed by atoms with Gasteiger partial charge in [-0.05, 0) is 31.5 Å². The summed E-state index contributed by atoms with van der Waals surface area (Å²) >= 11 is 0. The lowest BCUT2D eigenvalue weighted by Gasteiger charge is -2.04. The molecule has 4 heteroatoms. The highest BCUT2D eigenvalue weighted by Gasteiger charge is 2.10. The van der Waals surface area contributed by atoms with Crippen molar-refractivity contribution in [3.8, 4) is 0 Å². The van der Waals surface area contributed by atoms with Gasteiger partial charge in [-0.1, -0.05) is 12.1 Å². The lowest BCUT2D eigenvalue weighted by atomic mass is 10.1. The van der Waals surface area contributed by atoms with Crippen molar-refractivity contribution >= 4 is 17.4 Å². The van der Waals surface area contributed by atoms with Gasteiger partial charge in [0, 0.05) is 23.4 Å². The Bertz CT molecular complexity index is 633. The normalized spacial score (nSPS) is 10.1. The topological polar surface area (TPSA) is 50.1 Å². The number of benzene rings is 1. The van der Waals surface area contributed by atoms with Crippen LogP contribution in [0.1, 0.15) is 22.8 Å². The molecule has 1 aromatic carbocycles. The van der Waals surface area contributed by atoms with Crippen molar-refractivity contribution < 1.29 is 14.2 Å². The van der Waals surface area contributed by atoms with Crippen molar-refractivity contribution in [3.05, 3.63) is 59.9 Å². The highest BCUT2D eigenvalue weighted by molar-refractivity contribution is 5.96. The minimum absolute atomic E-state index is 0.0194. The van der Waals surface area contributed by atoms with Crippen LogP contribution in [0, 0.1) is 6.92 Å². The van der Waals surface area contributed by atoms with Gasteiger partial charge in [-0.25, -0.2) is 0 Å². The van der Waals surface area contributed by atoms with E-state index in [1.807, 2.05) is 31.5 Å². The maximum Gasteiger partial charge on any atom is 0.290 e. The van der Waals surface area contributed by atoms with Crippen LogP contribution in [0.25, 0.3) is 0 Å². The second-order valence-electron chi connectivity index (χ2n) is 4.73. The summed E-state index contributed by atoms with van der Waals surface area (Å²) in [4.78, 5) is 23.2. The standard InChI is InChI=1S/C16H16N2O2/c1-12-6-8-18(9-7-12)11-16(20)17-15-5-3-4-14(10-15)13(2)19/h3-10H,11H2,1-2H3/p+1. The molecule has 2 rings (SSSR count). The third kappa shape index (κ3) is 3.75. The van der Waals surface area contributed by atoms with Gasteiger partial charge in [0.1, 0.15) is 0 Å². The number of aryl methyl sites for hydroxylation is 1. The fourth-order valence-corrected chi connectivity index (χ4v) is 1.82. The molecule has 0 fully saturated rings. The summed E-state index contributed by atoms with van der Waals surface area (Å²) in [5.41, 5.74) is 2.37. The summed E-state index contributed by atoms with van der Waals surface area (Å²) in [5, 5.41) is 2.79. The monoisotopic (exact) mass is 269 g/mol. The summed E-state index contributed by atoms with van der Waals surface area (Å²) < 4.78 is 1.80. The van der Waals surface area contributed by atoms with Crippen LogP contribution in [-0.4, -0.2) is 11.7 Å². The molecule has 2 aromatic rings. The van der Waals surface area contributed by atoms with Crippen LogP contribution in [-0.2, 0) is 11.3 Å². The predicted molar refractivity (Wildman–Crippen MR) is 76.5 cm³/mol. The number of nitrogens with zero attached hydrogens (tertiary/aromatic N) is 1. The van der Waals surface area contributed by atoms with E-state index in [1.54, 1.807) is 28.8 Å². The molecule has 20 heavy (non-hydrogen) atoms. The fourth-order valence-electron chi connectivity index (χ4n) is 1.82. The number of hydrogen-bond acceptors (Lipinski definition) is 2. The second kappa shape index (κ2) is 6.10. The van der Waals surface area contributed by atoms with E-state index >= 15 is 0 Å². The van der Waals surface area contributed by atoms with Gasteiger partial charge < -0.3 is 5.32 Å². The zero-order valence-corrected chi connectivity index (χ0v) is 11.6. The van der Waals surface area contributed by atoms with Crippen molar-refractivity contribution in [2.24, 2.45) is 0 Å². The molecule has 0 saturated heterocycles. The van der Waals surface area contributed by atoms with Crippen molar-refractivity contribution in [1.29, 1.82) is 0 Å². The number of carbonyl (C=O) groups is 2. The van der Waals surface area contributed by atoms with Gasteiger partial charge in [0.2, 0.25) is 6.54 Å². The van der Waals surface area contributed by atoms with Crippen molar-refractivity contribution in [3.63, 3.8) is 0 Å². The molecule has 0 atom stereocenters. The lowest BCUT2D eigenvalue weighted by Crippen LogP contribution is -2.39. The van der Waals surface area contributed by atoms with Crippen LogP contribution >= 0.6 is 0 Å². The molecule has 0 aliphatic heterocycles. The van der Waals surface area contributed by atoms with Gasteiger partial charge in [0.25, 0.3) is 5.91 Å². The smallest absolute Gasteiger partial charge is 0.290 e. The SMILES string of the molecule is CC(=O)c1cccc(NC(=O)C[n+]2ccc(C)cc2)c1. The number of carbonyl (C=O) groups excluding carboxylic acids is 2. The Morgan fingerprint density at radius 3 is 2.50 bits per heavy atom. The largest absolute Gasteiger partial charge is 0.321 e. The van der Waals surface area contributed by atoms with Gasteiger partial charge in [0.15, 0.2) is 18.2 Å². The summed E-state index contributed by atoms with van der Waals surface area (Å²) in [5.74, 6) is -0.145. The maximum atomic E-state index is 11.9. The molecule has 0 bridgehead atoms. The van der Waals surface area contributed by atoms with Crippen LogP contribution in [0.15, 0.2) is 48.8 Å². The first-order valence-corrected chi connectivity index (χ1v) is 6.41. The van der Waals surface area contributed by atoms with E-state index < -0.39 is 0 Å². The van der Waals surface area contributed by atoms with E-state index in [2.05, 4.69) is 5.32 Å². The second-order valence-corrected chi connectivity index (χ2v) is 4.73. The van der Waals surface area contributed by atoms with Gasteiger partial charge in [-0.2, -0.15) is 4.57 Å². The molecule has 0 radical (unpaired) electrons. The Morgan fingerprint density at radius 2 is 1.85 bits per heavy atom. The third-order valence-electron chi connectivity index (χ3n) is 2.94. The van der Waals surface area contributed by atoms with E-state index in [9.17, 15) is 9.59 Å². The number of pyridine rings is 1. The maximum absolute atomic E-state index is 11.9. The first-order chi connectivity index (χ1) is 9.54. The van der Waals surface area contributed by atoms with Crippen LogP contribution in [0.5, 0.6) is 0 Å². The molecule has 1 aromatic heterocycles. The summed E-state index contributed by atoms with van der Waals surface area (Å²) in [6, 6.07) is 10.8. The number of anilines is 1. The molecule has 1 heterocycles. The average molecular weight is 269 g/mol. The zero-order valence-electron chi connectivity index (χ0n) is 11.6. The summed E-state index contributed by atoms with van der Waals surface area (Å²) in [7, 11) is 0. The number of nitrogens with one attached hydrogen (secondary N) is 1. The quantitative estimate of drug-likeness (QED) is 0.683. The van der Waals surface area contributed by atoms with Crippen molar-refractivity contribution in [2.75, 3.05) is 5.32 Å². The van der Waals surface area contributed by atoms with Gasteiger partial charge >= 0.3 is 0 Å². The number of hydrogen-bond donors (Lipinski definition) is 1. The van der Waals surface area contributed by atoms with Gasteiger partial charge in [-0.15, -0.1) is 0 Å². The first kappa shape index (κ1) is 13.9. The van der Waals surface area contributed by atoms with E-state index in [1.165, 1.54) is 6.92 Å². The van der Waals surface area contributed by atoms with Crippen LogP contribution < -0.4 is 9.88 Å². The average Bonchev–Trinajstić information content (AvgIpc) is 2.41. The number of ketones is 1. The number of rotatable bonds is 4. The molecule has 1 N–H and O–H groups in total. The molecule has 0 saturated carbocycles. The molecular weight excluding hydrogens is 252 g/mol. The minimum Gasteiger partial charge on any atom is -0.321 e. The van der Waals surface area contributed by atoms with Gasteiger partial charge in [-0.3, -0.25) is 9.59 Å². The minimum atomic E-state index is -0.125. The highest BCUT2D eigenvalue weighted by atomic mass is 16.2. The molecule has 1 amide bonds. The van der Waals surface area contributed by atoms with Crippen LogP contribution in [0.4, 0.5) is 5.69 Å². The summed E-state index contributed by atoms with van der Waals surface area (Å²) in [6.45, 7) is 3.74. The van der Waals surface area contributed by atoms with E-state index in [4.69, 9.17) is 0 Å². The molecule has 4 nitrogen and oxygen atoms in total. The molecular formula is C16H17N2O2+. The molecule has 0 unspecified atom stereocenters. The Morgan fingerprint density at radius 1 is 1.15 bits per heavy atom. The predicted octanol–water partition coefficient (Wildman–Crippen LogP) is 2.12. The van der Waals surface area contributed by atoms with E-state index in [0.717, 1.165) is 5.56 Å². The number of amides is 1.